The zero-order valence-corrected chi connectivity index (χ0v) is 9.17. The average Bonchev–Trinajstić information content (AvgIpc) is 2.13. The van der Waals surface area contributed by atoms with Gasteiger partial charge in [0.05, 0.1) is 6.07 Å². The smallest absolute Gasteiger partial charge is 0.422 e. The Kier molecular flexibility index (Phi) is 5.44. The van der Waals surface area contributed by atoms with E-state index in [0.29, 0.717) is 0 Å². The molecular weight excluding hydrogens is 241 g/mol. The minimum atomic E-state index is -4.69. The van der Waals surface area contributed by atoms with Crippen LogP contribution in [0.25, 0.3) is 0 Å². The Balaban J connectivity index is 4.43. The molecule has 0 aromatic heterocycles. The molecule has 0 saturated carbocycles. The van der Waals surface area contributed by atoms with Gasteiger partial charge in [-0.05, 0) is 13.8 Å². The number of carbonyl (C=O) groups excluding carboxylic acids is 2. The standard InChI is InChI=1S/C9H11F3N2O3/c1-5(2)14-7(15)6(3-13)8(16)17-4-9(10,11)12/h5-6H,4H2,1-2H3,(H,14,15). The molecule has 0 spiro atoms. The maximum Gasteiger partial charge on any atom is 0.422 e. The predicted octanol–water partition coefficient (Wildman–Crippen LogP) is 0.756. The summed E-state index contributed by atoms with van der Waals surface area (Å²) in [6.07, 6.45) is -4.69. The molecule has 0 aromatic rings. The Morgan fingerprint density at radius 2 is 1.94 bits per heavy atom. The molecule has 8 heteroatoms. The highest BCUT2D eigenvalue weighted by molar-refractivity contribution is 6.00. The number of esters is 1. The summed E-state index contributed by atoms with van der Waals surface area (Å²) in [4.78, 5) is 22.3. The molecule has 0 aliphatic heterocycles. The number of carbonyl (C=O) groups is 2. The zero-order chi connectivity index (χ0) is 13.6. The van der Waals surface area contributed by atoms with Crippen LogP contribution in [0.3, 0.4) is 0 Å². The normalized spacial score (nSPS) is 12.8. The van der Waals surface area contributed by atoms with Gasteiger partial charge < -0.3 is 10.1 Å². The van der Waals surface area contributed by atoms with Gasteiger partial charge in [0.2, 0.25) is 11.8 Å². The maximum absolute atomic E-state index is 11.7. The largest absolute Gasteiger partial charge is 0.455 e. The topological polar surface area (TPSA) is 79.2 Å². The van der Waals surface area contributed by atoms with Crippen molar-refractivity contribution in [1.29, 1.82) is 5.26 Å². The summed E-state index contributed by atoms with van der Waals surface area (Å²) < 4.78 is 39.0. The molecule has 1 amide bonds. The first kappa shape index (κ1) is 15.2. The number of rotatable bonds is 4. The van der Waals surface area contributed by atoms with Gasteiger partial charge in [0.15, 0.2) is 6.61 Å². The second kappa shape index (κ2) is 6.08. The highest BCUT2D eigenvalue weighted by Crippen LogP contribution is 2.15. The lowest BCUT2D eigenvalue weighted by Crippen LogP contribution is -2.39. The van der Waals surface area contributed by atoms with Crippen LogP contribution in [0.5, 0.6) is 0 Å². The van der Waals surface area contributed by atoms with Crippen molar-refractivity contribution in [2.75, 3.05) is 6.61 Å². The molecule has 0 saturated heterocycles. The van der Waals surface area contributed by atoms with E-state index in [-0.39, 0.29) is 6.04 Å². The third-order valence-electron chi connectivity index (χ3n) is 1.44. The number of nitrogens with one attached hydrogen (secondary N) is 1. The van der Waals surface area contributed by atoms with E-state index < -0.39 is 30.6 Å². The number of nitriles is 1. The highest BCUT2D eigenvalue weighted by atomic mass is 19.4. The molecular formula is C9H11F3N2O3. The van der Waals surface area contributed by atoms with Gasteiger partial charge in [-0.25, -0.2) is 0 Å². The number of nitrogens with zero attached hydrogens (tertiary/aromatic N) is 1. The lowest BCUT2D eigenvalue weighted by atomic mass is 10.1. The van der Waals surface area contributed by atoms with Crippen molar-refractivity contribution < 1.29 is 27.5 Å². The second-order valence-corrected chi connectivity index (χ2v) is 3.45. The Labute approximate surface area is 95.5 Å². The lowest BCUT2D eigenvalue weighted by molar-refractivity contribution is -0.188. The van der Waals surface area contributed by atoms with Gasteiger partial charge in [-0.1, -0.05) is 0 Å². The number of hydrogen-bond donors (Lipinski definition) is 1. The summed E-state index contributed by atoms with van der Waals surface area (Å²) in [6, 6.07) is 0.950. The maximum atomic E-state index is 11.7. The Bertz CT molecular complexity index is 333. The van der Waals surface area contributed by atoms with Crippen molar-refractivity contribution in [3.8, 4) is 6.07 Å². The van der Waals surface area contributed by atoms with Gasteiger partial charge in [0.1, 0.15) is 0 Å². The van der Waals surface area contributed by atoms with Crippen molar-refractivity contribution in [3.63, 3.8) is 0 Å². The molecule has 0 aromatic carbocycles. The number of halogens is 3. The molecule has 0 rings (SSSR count). The van der Waals surface area contributed by atoms with E-state index in [1.165, 1.54) is 6.07 Å². The number of ether oxygens (including phenoxy) is 1. The Morgan fingerprint density at radius 3 is 2.29 bits per heavy atom. The van der Waals surface area contributed by atoms with Gasteiger partial charge in [-0.15, -0.1) is 0 Å². The highest BCUT2D eigenvalue weighted by Gasteiger charge is 2.34. The van der Waals surface area contributed by atoms with Crippen LogP contribution in [0.4, 0.5) is 13.2 Å². The Morgan fingerprint density at radius 1 is 1.41 bits per heavy atom. The zero-order valence-electron chi connectivity index (χ0n) is 9.17. The molecule has 0 radical (unpaired) electrons. The molecule has 0 fully saturated rings. The van der Waals surface area contributed by atoms with Crippen LogP contribution < -0.4 is 5.32 Å². The van der Waals surface area contributed by atoms with E-state index in [0.717, 1.165) is 0 Å². The molecule has 0 aliphatic carbocycles. The second-order valence-electron chi connectivity index (χ2n) is 3.45. The number of amides is 1. The number of alkyl halides is 3. The van der Waals surface area contributed by atoms with Crippen molar-refractivity contribution in [2.24, 2.45) is 5.92 Å². The summed E-state index contributed by atoms with van der Waals surface area (Å²) in [6.45, 7) is 1.33. The van der Waals surface area contributed by atoms with Crippen LogP contribution in [0.1, 0.15) is 13.8 Å². The molecule has 0 bridgehead atoms. The van der Waals surface area contributed by atoms with E-state index in [1.54, 1.807) is 13.8 Å². The van der Waals surface area contributed by atoms with Crippen molar-refractivity contribution in [3.05, 3.63) is 0 Å². The summed E-state index contributed by atoms with van der Waals surface area (Å²) >= 11 is 0. The van der Waals surface area contributed by atoms with Crippen LogP contribution in [-0.4, -0.2) is 30.7 Å². The fourth-order valence-corrected chi connectivity index (χ4v) is 0.823. The first-order valence-corrected chi connectivity index (χ1v) is 4.60. The van der Waals surface area contributed by atoms with E-state index in [9.17, 15) is 22.8 Å². The van der Waals surface area contributed by atoms with Crippen LogP contribution in [0.15, 0.2) is 0 Å². The fourth-order valence-electron chi connectivity index (χ4n) is 0.823. The average molecular weight is 252 g/mol. The summed E-state index contributed by atoms with van der Waals surface area (Å²) in [5.41, 5.74) is 0. The molecule has 1 N–H and O–H groups in total. The first-order valence-electron chi connectivity index (χ1n) is 4.60. The van der Waals surface area contributed by atoms with Gasteiger partial charge in [-0.2, -0.15) is 18.4 Å². The quantitative estimate of drug-likeness (QED) is 0.591. The molecule has 1 unspecified atom stereocenters. The van der Waals surface area contributed by atoms with Crippen LogP contribution >= 0.6 is 0 Å². The van der Waals surface area contributed by atoms with Gasteiger partial charge >= 0.3 is 12.1 Å². The van der Waals surface area contributed by atoms with E-state index >= 15 is 0 Å². The van der Waals surface area contributed by atoms with Gasteiger partial charge in [0.25, 0.3) is 0 Å². The number of hydrogen-bond acceptors (Lipinski definition) is 4. The molecule has 5 nitrogen and oxygen atoms in total. The molecule has 96 valence electrons. The summed E-state index contributed by atoms with van der Waals surface area (Å²) in [7, 11) is 0. The van der Waals surface area contributed by atoms with Crippen LogP contribution in [0.2, 0.25) is 0 Å². The molecule has 17 heavy (non-hydrogen) atoms. The van der Waals surface area contributed by atoms with E-state index in [4.69, 9.17) is 5.26 Å². The van der Waals surface area contributed by atoms with Crippen LogP contribution in [-0.2, 0) is 14.3 Å². The summed E-state index contributed by atoms with van der Waals surface area (Å²) in [5, 5.41) is 10.7. The molecule has 0 aliphatic rings. The minimum absolute atomic E-state index is 0.339. The molecule has 1 atom stereocenters. The van der Waals surface area contributed by atoms with Crippen molar-refractivity contribution in [1.82, 2.24) is 5.32 Å². The minimum Gasteiger partial charge on any atom is -0.455 e. The van der Waals surface area contributed by atoms with E-state index in [2.05, 4.69) is 10.1 Å². The SMILES string of the molecule is CC(C)NC(=O)C(C#N)C(=O)OCC(F)(F)F. The molecule has 0 heterocycles. The third-order valence-corrected chi connectivity index (χ3v) is 1.44. The van der Waals surface area contributed by atoms with Crippen molar-refractivity contribution >= 4 is 11.9 Å². The first-order chi connectivity index (χ1) is 7.67. The van der Waals surface area contributed by atoms with E-state index in [1.807, 2.05) is 0 Å². The fraction of sp³-hybridized carbons (Fsp3) is 0.667. The lowest BCUT2D eigenvalue weighted by Gasteiger charge is -2.13. The summed E-state index contributed by atoms with van der Waals surface area (Å²) in [5.74, 6) is -4.38. The Hall–Kier alpha value is -1.78. The predicted molar refractivity (Wildman–Crippen MR) is 49.4 cm³/mol. The van der Waals surface area contributed by atoms with Crippen LogP contribution in [0, 0.1) is 17.2 Å². The monoisotopic (exact) mass is 252 g/mol. The van der Waals surface area contributed by atoms with Gasteiger partial charge in [0, 0.05) is 6.04 Å². The van der Waals surface area contributed by atoms with Crippen molar-refractivity contribution in [2.45, 2.75) is 26.1 Å². The van der Waals surface area contributed by atoms with Gasteiger partial charge in [-0.3, -0.25) is 9.59 Å². The third kappa shape index (κ3) is 6.40.